The third-order valence-electron chi connectivity index (χ3n) is 2.24. The molecule has 88 valence electrons. The van der Waals surface area contributed by atoms with Crippen molar-refractivity contribution in [1.29, 1.82) is 0 Å². The molecule has 0 aliphatic heterocycles. The Labute approximate surface area is 97.3 Å². The van der Waals surface area contributed by atoms with Gasteiger partial charge in [0.2, 0.25) is 0 Å². The summed E-state index contributed by atoms with van der Waals surface area (Å²) in [5.41, 5.74) is -0.815. The lowest BCUT2D eigenvalue weighted by atomic mass is 10.3. The Morgan fingerprint density at radius 3 is 2.59 bits per heavy atom. The molecule has 0 spiro atoms. The third-order valence-corrected chi connectivity index (χ3v) is 2.24. The van der Waals surface area contributed by atoms with Crippen LogP contribution >= 0.6 is 0 Å². The van der Waals surface area contributed by atoms with Gasteiger partial charge in [0.25, 0.3) is 5.56 Å². The Kier molecular flexibility index (Phi) is 3.40. The van der Waals surface area contributed by atoms with Gasteiger partial charge < -0.3 is 4.74 Å². The molecule has 0 unspecified atom stereocenters. The van der Waals surface area contributed by atoms with Crippen LogP contribution in [-0.4, -0.2) is 16.2 Å². The van der Waals surface area contributed by atoms with Gasteiger partial charge >= 0.3 is 5.69 Å². The number of benzene rings is 1. The van der Waals surface area contributed by atoms with Crippen LogP contribution in [0.25, 0.3) is 0 Å². The molecule has 1 aromatic heterocycles. The van der Waals surface area contributed by atoms with Gasteiger partial charge in [-0.25, -0.2) is 4.79 Å². The van der Waals surface area contributed by atoms with Gasteiger partial charge in [-0.1, -0.05) is 18.2 Å². The molecule has 0 saturated heterocycles. The van der Waals surface area contributed by atoms with E-state index in [0.29, 0.717) is 13.2 Å². The van der Waals surface area contributed by atoms with Crippen LogP contribution in [0.1, 0.15) is 0 Å². The Morgan fingerprint density at radius 1 is 1.12 bits per heavy atom. The Morgan fingerprint density at radius 2 is 1.88 bits per heavy atom. The summed E-state index contributed by atoms with van der Waals surface area (Å²) in [4.78, 5) is 24.4. The predicted octanol–water partition coefficient (Wildman–Crippen LogP) is 0.616. The molecule has 2 aromatic rings. The van der Waals surface area contributed by atoms with Crippen molar-refractivity contribution in [3.05, 3.63) is 63.4 Å². The van der Waals surface area contributed by atoms with Crippen LogP contribution in [0.15, 0.2) is 52.2 Å². The highest BCUT2D eigenvalue weighted by Gasteiger charge is 1.97. The fourth-order valence-electron chi connectivity index (χ4n) is 1.40. The first-order chi connectivity index (χ1) is 8.25. The lowest BCUT2D eigenvalue weighted by molar-refractivity contribution is 0.295. The van der Waals surface area contributed by atoms with Crippen molar-refractivity contribution >= 4 is 0 Å². The smallest absolute Gasteiger partial charge is 0.328 e. The number of nitrogens with zero attached hydrogens (tertiary/aromatic N) is 1. The number of rotatable bonds is 4. The van der Waals surface area contributed by atoms with Crippen LogP contribution in [-0.2, 0) is 6.54 Å². The van der Waals surface area contributed by atoms with E-state index in [-0.39, 0.29) is 0 Å². The summed E-state index contributed by atoms with van der Waals surface area (Å²) >= 11 is 0. The molecule has 5 nitrogen and oxygen atoms in total. The summed E-state index contributed by atoms with van der Waals surface area (Å²) in [6, 6.07) is 10.7. The Hall–Kier alpha value is -2.30. The third kappa shape index (κ3) is 3.07. The van der Waals surface area contributed by atoms with E-state index in [1.54, 1.807) is 0 Å². The van der Waals surface area contributed by atoms with Gasteiger partial charge in [0.05, 0.1) is 6.54 Å². The molecular formula is C12H12N2O3. The van der Waals surface area contributed by atoms with Crippen LogP contribution in [0.2, 0.25) is 0 Å². The van der Waals surface area contributed by atoms with Crippen LogP contribution in [0.4, 0.5) is 0 Å². The molecule has 0 saturated carbocycles. The zero-order chi connectivity index (χ0) is 12.1. The molecule has 0 amide bonds. The summed E-state index contributed by atoms with van der Waals surface area (Å²) in [6.45, 7) is 0.764. The second-order valence-electron chi connectivity index (χ2n) is 3.47. The highest BCUT2D eigenvalue weighted by atomic mass is 16.5. The molecule has 1 aromatic carbocycles. The minimum atomic E-state index is -0.422. The minimum absolute atomic E-state index is 0.371. The van der Waals surface area contributed by atoms with Gasteiger partial charge in [0.1, 0.15) is 12.4 Å². The zero-order valence-corrected chi connectivity index (χ0v) is 9.13. The molecule has 0 aliphatic rings. The van der Waals surface area contributed by atoms with E-state index in [1.165, 1.54) is 16.8 Å². The summed E-state index contributed by atoms with van der Waals surface area (Å²) < 4.78 is 6.84. The summed E-state index contributed by atoms with van der Waals surface area (Å²) in [5, 5.41) is 0. The fraction of sp³-hybridized carbons (Fsp3) is 0.167. The summed E-state index contributed by atoms with van der Waals surface area (Å²) in [7, 11) is 0. The predicted molar refractivity (Wildman–Crippen MR) is 63.3 cm³/mol. The Balaban J connectivity index is 1.95. The van der Waals surface area contributed by atoms with Gasteiger partial charge in [0.15, 0.2) is 0 Å². The van der Waals surface area contributed by atoms with E-state index < -0.39 is 11.2 Å². The van der Waals surface area contributed by atoms with Gasteiger partial charge in [-0.15, -0.1) is 0 Å². The quantitative estimate of drug-likeness (QED) is 0.840. The van der Waals surface area contributed by atoms with Crippen LogP contribution in [0, 0.1) is 0 Å². The molecule has 5 heteroatoms. The molecule has 17 heavy (non-hydrogen) atoms. The fourth-order valence-corrected chi connectivity index (χ4v) is 1.40. The number of para-hydroxylation sites is 1. The number of hydrogen-bond acceptors (Lipinski definition) is 3. The number of hydrogen-bond donors (Lipinski definition) is 1. The second kappa shape index (κ2) is 5.16. The first kappa shape index (κ1) is 11.2. The SMILES string of the molecule is O=c1ccn(CCOc2ccccc2)c(=O)[nH]1. The highest BCUT2D eigenvalue weighted by Crippen LogP contribution is 2.07. The van der Waals surface area contributed by atoms with Crippen LogP contribution in [0.3, 0.4) is 0 Å². The monoisotopic (exact) mass is 232 g/mol. The van der Waals surface area contributed by atoms with Gasteiger partial charge in [-0.3, -0.25) is 14.3 Å². The largest absolute Gasteiger partial charge is 0.492 e. The molecule has 0 atom stereocenters. The lowest BCUT2D eigenvalue weighted by Crippen LogP contribution is -2.30. The van der Waals surface area contributed by atoms with E-state index in [2.05, 4.69) is 4.98 Å². The van der Waals surface area contributed by atoms with Crippen molar-refractivity contribution in [2.75, 3.05) is 6.61 Å². The molecule has 0 fully saturated rings. The number of aromatic nitrogens is 2. The van der Waals surface area contributed by atoms with Crippen LogP contribution < -0.4 is 16.0 Å². The van der Waals surface area contributed by atoms with E-state index in [1.807, 2.05) is 30.3 Å². The highest BCUT2D eigenvalue weighted by molar-refractivity contribution is 5.20. The van der Waals surface area contributed by atoms with Crippen molar-refractivity contribution in [3.8, 4) is 5.75 Å². The lowest BCUT2D eigenvalue weighted by Gasteiger charge is -2.07. The topological polar surface area (TPSA) is 64.1 Å². The Bertz CT molecular complexity index is 586. The summed E-state index contributed by atoms with van der Waals surface area (Å²) in [5.74, 6) is 0.755. The molecule has 1 N–H and O–H groups in total. The first-order valence-corrected chi connectivity index (χ1v) is 5.23. The average molecular weight is 232 g/mol. The van der Waals surface area contributed by atoms with E-state index in [9.17, 15) is 9.59 Å². The van der Waals surface area contributed by atoms with Crippen molar-refractivity contribution in [2.45, 2.75) is 6.54 Å². The summed E-state index contributed by atoms with van der Waals surface area (Å²) in [6.07, 6.45) is 1.45. The number of nitrogens with one attached hydrogen (secondary N) is 1. The molecule has 0 aliphatic carbocycles. The maximum absolute atomic E-state index is 11.3. The van der Waals surface area contributed by atoms with Crippen molar-refractivity contribution in [1.82, 2.24) is 9.55 Å². The van der Waals surface area contributed by atoms with Gasteiger partial charge in [-0.05, 0) is 12.1 Å². The maximum Gasteiger partial charge on any atom is 0.328 e. The van der Waals surface area contributed by atoms with E-state index in [4.69, 9.17) is 4.74 Å². The number of H-pyrrole nitrogens is 1. The minimum Gasteiger partial charge on any atom is -0.492 e. The number of aromatic amines is 1. The molecular weight excluding hydrogens is 220 g/mol. The molecule has 0 bridgehead atoms. The van der Waals surface area contributed by atoms with Gasteiger partial charge in [0, 0.05) is 12.3 Å². The van der Waals surface area contributed by atoms with Crippen molar-refractivity contribution in [2.24, 2.45) is 0 Å². The maximum atomic E-state index is 11.3. The number of ether oxygens (including phenoxy) is 1. The molecule has 0 radical (unpaired) electrons. The molecule has 1 heterocycles. The van der Waals surface area contributed by atoms with E-state index in [0.717, 1.165) is 5.75 Å². The van der Waals surface area contributed by atoms with E-state index >= 15 is 0 Å². The van der Waals surface area contributed by atoms with Crippen molar-refractivity contribution in [3.63, 3.8) is 0 Å². The average Bonchev–Trinajstić information content (AvgIpc) is 2.33. The normalized spacial score (nSPS) is 10.1. The molecule has 2 rings (SSSR count). The second-order valence-corrected chi connectivity index (χ2v) is 3.47. The van der Waals surface area contributed by atoms with Crippen LogP contribution in [0.5, 0.6) is 5.75 Å². The standard InChI is InChI=1S/C12H12N2O3/c15-11-6-7-14(12(16)13-11)8-9-17-10-4-2-1-3-5-10/h1-7H,8-9H2,(H,13,15,16). The van der Waals surface area contributed by atoms with Crippen molar-refractivity contribution < 1.29 is 4.74 Å². The zero-order valence-electron chi connectivity index (χ0n) is 9.13. The van der Waals surface area contributed by atoms with Gasteiger partial charge in [-0.2, -0.15) is 0 Å². The first-order valence-electron chi connectivity index (χ1n) is 5.23.